The molecule has 1 aliphatic rings. The summed E-state index contributed by atoms with van der Waals surface area (Å²) in [5.74, 6) is -0.188. The molecule has 0 unspecified atom stereocenters. The van der Waals surface area contributed by atoms with E-state index in [2.05, 4.69) is 0 Å². The average molecular weight is 333 g/mol. The van der Waals surface area contributed by atoms with Gasteiger partial charge in [0, 0.05) is 13.1 Å². The summed E-state index contributed by atoms with van der Waals surface area (Å²) in [5.41, 5.74) is -0.0727. The van der Waals surface area contributed by atoms with Gasteiger partial charge in [-0.2, -0.15) is 0 Å². The first-order valence-electron chi connectivity index (χ1n) is 8.39. The van der Waals surface area contributed by atoms with Crippen LogP contribution in [-0.2, 0) is 20.9 Å². The van der Waals surface area contributed by atoms with E-state index in [-0.39, 0.29) is 18.7 Å². The first-order valence-corrected chi connectivity index (χ1v) is 8.39. The summed E-state index contributed by atoms with van der Waals surface area (Å²) in [6, 6.07) is 9.59. The largest absolute Gasteiger partial charge is 0.460 e. The Kier molecular flexibility index (Phi) is 5.52. The Morgan fingerprint density at radius 3 is 2.25 bits per heavy atom. The number of rotatable bonds is 3. The Bertz CT molecular complexity index is 569. The van der Waals surface area contributed by atoms with Crippen molar-refractivity contribution >= 4 is 12.1 Å². The fraction of sp³-hybridized carbons (Fsp3) is 0.579. The number of hydrogen-bond acceptors (Lipinski definition) is 4. The van der Waals surface area contributed by atoms with E-state index in [1.165, 1.54) is 0 Å². The van der Waals surface area contributed by atoms with Crippen LogP contribution in [0.2, 0.25) is 0 Å². The normalized spacial score (nSPS) is 17.2. The summed E-state index contributed by atoms with van der Waals surface area (Å²) in [6.45, 7) is 8.78. The fourth-order valence-electron chi connectivity index (χ4n) is 2.60. The summed E-state index contributed by atoms with van der Waals surface area (Å²) < 4.78 is 10.9. The monoisotopic (exact) mass is 333 g/mol. The van der Waals surface area contributed by atoms with Crippen molar-refractivity contribution in [3.63, 3.8) is 0 Å². The van der Waals surface area contributed by atoms with E-state index in [1.807, 2.05) is 58.0 Å². The van der Waals surface area contributed by atoms with Gasteiger partial charge in [0.15, 0.2) is 0 Å². The van der Waals surface area contributed by atoms with Crippen LogP contribution in [0.25, 0.3) is 0 Å². The third-order valence-electron chi connectivity index (χ3n) is 4.22. The molecule has 1 heterocycles. The summed E-state index contributed by atoms with van der Waals surface area (Å²) in [5, 5.41) is 0. The van der Waals surface area contributed by atoms with Gasteiger partial charge in [0.2, 0.25) is 0 Å². The van der Waals surface area contributed by atoms with Crippen LogP contribution >= 0.6 is 0 Å². The van der Waals surface area contributed by atoms with Gasteiger partial charge < -0.3 is 14.4 Å². The number of ether oxygens (including phenoxy) is 2. The molecule has 0 aliphatic carbocycles. The maximum absolute atomic E-state index is 12.4. The third kappa shape index (κ3) is 4.98. The Morgan fingerprint density at radius 1 is 1.12 bits per heavy atom. The van der Waals surface area contributed by atoms with E-state index in [0.717, 1.165) is 5.56 Å². The molecule has 0 saturated carbocycles. The molecular formula is C19H27NO4. The lowest BCUT2D eigenvalue weighted by molar-refractivity contribution is -0.169. The number of likely N-dealkylation sites (tertiary alicyclic amines) is 1. The van der Waals surface area contributed by atoms with Crippen molar-refractivity contribution in [2.45, 2.75) is 52.7 Å². The van der Waals surface area contributed by atoms with Gasteiger partial charge in [-0.25, -0.2) is 4.79 Å². The molecule has 0 atom stereocenters. The average Bonchev–Trinajstić information content (AvgIpc) is 2.52. The molecule has 24 heavy (non-hydrogen) atoms. The number of carbonyl (C=O) groups is 2. The topological polar surface area (TPSA) is 55.8 Å². The number of amides is 1. The summed E-state index contributed by atoms with van der Waals surface area (Å²) >= 11 is 0. The molecule has 1 fully saturated rings. The van der Waals surface area contributed by atoms with Crippen molar-refractivity contribution in [3.05, 3.63) is 35.9 Å². The first kappa shape index (κ1) is 18.3. The van der Waals surface area contributed by atoms with E-state index in [1.54, 1.807) is 4.90 Å². The van der Waals surface area contributed by atoms with Crippen molar-refractivity contribution < 1.29 is 19.1 Å². The molecule has 5 nitrogen and oxygen atoms in total. The number of esters is 1. The Labute approximate surface area is 143 Å². The third-order valence-corrected chi connectivity index (χ3v) is 4.22. The molecule has 0 radical (unpaired) electrons. The van der Waals surface area contributed by atoms with E-state index in [9.17, 15) is 9.59 Å². The molecule has 0 N–H and O–H groups in total. The molecule has 132 valence electrons. The Hall–Kier alpha value is -2.04. The van der Waals surface area contributed by atoms with Gasteiger partial charge in [-0.3, -0.25) is 4.79 Å². The number of piperidine rings is 1. The molecule has 1 amide bonds. The van der Waals surface area contributed by atoms with E-state index in [4.69, 9.17) is 9.47 Å². The molecule has 1 saturated heterocycles. The van der Waals surface area contributed by atoms with Crippen LogP contribution in [-0.4, -0.2) is 35.7 Å². The first-order chi connectivity index (χ1) is 11.2. The van der Waals surface area contributed by atoms with Crippen LogP contribution in [0.4, 0.5) is 4.79 Å². The van der Waals surface area contributed by atoms with Crippen LogP contribution in [0.1, 0.15) is 46.1 Å². The quantitative estimate of drug-likeness (QED) is 0.790. The molecular weight excluding hydrogens is 306 g/mol. The van der Waals surface area contributed by atoms with Crippen molar-refractivity contribution in [1.29, 1.82) is 0 Å². The number of benzene rings is 1. The number of hydrogen-bond donors (Lipinski definition) is 0. The van der Waals surface area contributed by atoms with Gasteiger partial charge >= 0.3 is 12.1 Å². The molecule has 0 bridgehead atoms. The van der Waals surface area contributed by atoms with Crippen LogP contribution < -0.4 is 0 Å². The predicted molar refractivity (Wildman–Crippen MR) is 91.4 cm³/mol. The lowest BCUT2D eigenvalue weighted by atomic mass is 9.80. The lowest BCUT2D eigenvalue weighted by Crippen LogP contribution is -2.47. The van der Waals surface area contributed by atoms with E-state index in [0.29, 0.717) is 25.9 Å². The zero-order chi connectivity index (χ0) is 17.8. The molecule has 1 aromatic carbocycles. The zero-order valence-electron chi connectivity index (χ0n) is 15.0. The second-order valence-corrected chi connectivity index (χ2v) is 7.59. The minimum absolute atomic E-state index is 0.188. The van der Waals surface area contributed by atoms with Crippen molar-refractivity contribution in [1.82, 2.24) is 4.90 Å². The fourth-order valence-corrected chi connectivity index (χ4v) is 2.60. The lowest BCUT2D eigenvalue weighted by Gasteiger charge is -2.38. The highest BCUT2D eigenvalue weighted by molar-refractivity contribution is 5.77. The van der Waals surface area contributed by atoms with Crippen LogP contribution in [0.15, 0.2) is 30.3 Å². The second kappa shape index (κ2) is 7.24. The van der Waals surface area contributed by atoms with Crippen LogP contribution in [0.5, 0.6) is 0 Å². The molecule has 0 spiro atoms. The maximum atomic E-state index is 12.4. The van der Waals surface area contributed by atoms with Gasteiger partial charge in [-0.1, -0.05) is 30.3 Å². The standard InChI is InChI=1S/C19H27NO4/c1-18(2,3)24-16(21)19(4)10-12-20(13-11-19)17(22)23-14-15-8-6-5-7-9-15/h5-9H,10-14H2,1-4H3. The molecule has 2 rings (SSSR count). The van der Waals surface area contributed by atoms with Crippen LogP contribution in [0, 0.1) is 5.41 Å². The highest BCUT2D eigenvalue weighted by atomic mass is 16.6. The molecule has 0 aromatic heterocycles. The van der Waals surface area contributed by atoms with Gasteiger partial charge in [0.25, 0.3) is 0 Å². The van der Waals surface area contributed by atoms with E-state index < -0.39 is 11.0 Å². The van der Waals surface area contributed by atoms with Crippen molar-refractivity contribution in [2.24, 2.45) is 5.41 Å². The smallest absolute Gasteiger partial charge is 0.410 e. The zero-order valence-corrected chi connectivity index (χ0v) is 15.0. The molecule has 1 aromatic rings. The minimum Gasteiger partial charge on any atom is -0.460 e. The van der Waals surface area contributed by atoms with Gasteiger partial charge in [0.05, 0.1) is 5.41 Å². The van der Waals surface area contributed by atoms with Crippen molar-refractivity contribution in [3.8, 4) is 0 Å². The summed E-state index contributed by atoms with van der Waals surface area (Å²) in [6.07, 6.45) is 0.843. The highest BCUT2D eigenvalue weighted by Crippen LogP contribution is 2.34. The Balaban J connectivity index is 1.83. The number of carbonyl (C=O) groups excluding carboxylic acids is 2. The predicted octanol–water partition coefficient (Wildman–Crippen LogP) is 3.77. The van der Waals surface area contributed by atoms with Gasteiger partial charge in [-0.15, -0.1) is 0 Å². The van der Waals surface area contributed by atoms with Gasteiger partial charge in [-0.05, 0) is 46.1 Å². The van der Waals surface area contributed by atoms with E-state index >= 15 is 0 Å². The summed E-state index contributed by atoms with van der Waals surface area (Å²) in [7, 11) is 0. The molecule has 1 aliphatic heterocycles. The Morgan fingerprint density at radius 2 is 1.71 bits per heavy atom. The highest BCUT2D eigenvalue weighted by Gasteiger charge is 2.41. The van der Waals surface area contributed by atoms with Crippen molar-refractivity contribution in [2.75, 3.05) is 13.1 Å². The number of nitrogens with zero attached hydrogens (tertiary/aromatic N) is 1. The van der Waals surface area contributed by atoms with Crippen LogP contribution in [0.3, 0.4) is 0 Å². The van der Waals surface area contributed by atoms with Gasteiger partial charge in [0.1, 0.15) is 12.2 Å². The molecule has 5 heteroatoms. The second-order valence-electron chi connectivity index (χ2n) is 7.59. The summed E-state index contributed by atoms with van der Waals surface area (Å²) in [4.78, 5) is 26.2. The maximum Gasteiger partial charge on any atom is 0.410 e. The SMILES string of the molecule is CC(C)(C)OC(=O)C1(C)CCN(C(=O)OCc2ccccc2)CC1. The minimum atomic E-state index is -0.538.